The molecule has 0 aliphatic heterocycles. The third-order valence-corrected chi connectivity index (χ3v) is 1.86. The van der Waals surface area contributed by atoms with Crippen LogP contribution in [0.4, 0.5) is 0 Å². The molecule has 1 aromatic rings. The van der Waals surface area contributed by atoms with E-state index in [1.807, 2.05) is 26.8 Å². The Labute approximate surface area is 87.5 Å². The maximum Gasteiger partial charge on any atom is 0.174 e. The molecule has 0 saturated heterocycles. The average molecular weight is 244 g/mol. The molecule has 1 heterocycles. The number of Topliss-reactive ketones (excluding diaryl/α,β-unsaturated/α-hetero) is 1. The van der Waals surface area contributed by atoms with E-state index in [0.29, 0.717) is 10.9 Å². The van der Waals surface area contributed by atoms with Crippen LogP contribution in [0.2, 0.25) is 0 Å². The first-order valence-corrected chi connectivity index (χ1v) is 5.38. The Hall–Kier alpha value is -0.700. The lowest BCUT2D eigenvalue weighted by molar-refractivity contribution is 0.102. The fourth-order valence-corrected chi connectivity index (χ4v) is 1.03. The fraction of sp³-hybridized carbons (Fsp3) is 0.400. The predicted octanol–water partition coefficient (Wildman–Crippen LogP) is 2.99. The molecule has 1 rings (SSSR count). The van der Waals surface area contributed by atoms with Crippen molar-refractivity contribution in [1.29, 1.82) is 0 Å². The lowest BCUT2D eigenvalue weighted by Gasteiger charge is -1.95. The van der Waals surface area contributed by atoms with E-state index in [1.165, 1.54) is 0 Å². The second-order valence-corrected chi connectivity index (χ2v) is 2.81. The molecule has 0 atom stereocenters. The minimum absolute atomic E-state index is 0.0671. The third-order valence-electron chi connectivity index (χ3n) is 1.35. The van der Waals surface area contributed by atoms with E-state index >= 15 is 0 Å². The van der Waals surface area contributed by atoms with Crippen molar-refractivity contribution < 1.29 is 4.79 Å². The van der Waals surface area contributed by atoms with Crippen molar-refractivity contribution in [3.05, 3.63) is 29.6 Å². The molecule has 0 fully saturated rings. The van der Waals surface area contributed by atoms with Crippen LogP contribution in [0.5, 0.6) is 0 Å². The largest absolute Gasteiger partial charge is 0.293 e. The van der Waals surface area contributed by atoms with Crippen LogP contribution < -0.4 is 0 Å². The molecular weight excluding hydrogens is 230 g/mol. The molecule has 0 spiro atoms. The number of alkyl halides is 1. The molecule has 0 amide bonds. The van der Waals surface area contributed by atoms with Crippen LogP contribution in [-0.2, 0) is 0 Å². The lowest BCUT2D eigenvalue weighted by atomic mass is 10.2. The van der Waals surface area contributed by atoms with Crippen LogP contribution in [0, 0.1) is 6.92 Å². The van der Waals surface area contributed by atoms with Crippen molar-refractivity contribution in [2.75, 3.05) is 5.33 Å². The predicted molar refractivity (Wildman–Crippen MR) is 58.4 cm³/mol. The number of hydrogen-bond acceptors (Lipinski definition) is 2. The number of carbonyl (C=O) groups is 1. The summed E-state index contributed by atoms with van der Waals surface area (Å²) in [5, 5.41) is 0.359. The summed E-state index contributed by atoms with van der Waals surface area (Å²) in [7, 11) is 0. The Morgan fingerprint density at radius 1 is 1.46 bits per heavy atom. The summed E-state index contributed by atoms with van der Waals surface area (Å²) < 4.78 is 0. The standard InChI is InChI=1S/C8H8BrNO.C2H6/c1-6-2-3-7(5-10-6)8(11)4-9;1-2/h2-3,5H,4H2,1H3;1-2H3. The molecule has 0 aliphatic rings. The monoisotopic (exact) mass is 243 g/mol. The highest BCUT2D eigenvalue weighted by atomic mass is 79.9. The van der Waals surface area contributed by atoms with Crippen molar-refractivity contribution in [1.82, 2.24) is 4.98 Å². The molecule has 3 heteroatoms. The van der Waals surface area contributed by atoms with E-state index in [0.717, 1.165) is 5.69 Å². The average Bonchev–Trinajstić information content (AvgIpc) is 2.21. The zero-order valence-corrected chi connectivity index (χ0v) is 9.76. The van der Waals surface area contributed by atoms with Gasteiger partial charge in [0, 0.05) is 17.5 Å². The Bertz CT molecular complexity index is 256. The number of carbonyl (C=O) groups excluding carboxylic acids is 1. The first kappa shape index (κ1) is 12.3. The van der Waals surface area contributed by atoms with Crippen LogP contribution in [0.15, 0.2) is 18.3 Å². The Balaban J connectivity index is 0.000000671. The van der Waals surface area contributed by atoms with Crippen LogP contribution in [0.3, 0.4) is 0 Å². The molecule has 0 bridgehead atoms. The molecule has 72 valence electrons. The Kier molecular flexibility index (Phi) is 6.41. The van der Waals surface area contributed by atoms with Gasteiger partial charge in [-0.15, -0.1) is 0 Å². The molecular formula is C10H14BrNO. The van der Waals surface area contributed by atoms with Crippen molar-refractivity contribution in [3.63, 3.8) is 0 Å². The van der Waals surface area contributed by atoms with Gasteiger partial charge in [-0.25, -0.2) is 0 Å². The zero-order valence-electron chi connectivity index (χ0n) is 8.17. The van der Waals surface area contributed by atoms with E-state index in [2.05, 4.69) is 20.9 Å². The number of hydrogen-bond donors (Lipinski definition) is 0. The number of aromatic nitrogens is 1. The first-order chi connectivity index (χ1) is 6.24. The van der Waals surface area contributed by atoms with Crippen molar-refractivity contribution >= 4 is 21.7 Å². The highest BCUT2D eigenvalue weighted by molar-refractivity contribution is 9.09. The SMILES string of the molecule is CC.Cc1ccc(C(=O)CBr)cn1. The number of pyridine rings is 1. The summed E-state index contributed by atoms with van der Waals surface area (Å²) in [4.78, 5) is 15.0. The summed E-state index contributed by atoms with van der Waals surface area (Å²) in [6.45, 7) is 5.89. The van der Waals surface area contributed by atoms with Gasteiger partial charge in [0.05, 0.1) is 5.33 Å². The molecule has 0 aromatic carbocycles. The number of rotatable bonds is 2. The van der Waals surface area contributed by atoms with E-state index in [1.54, 1.807) is 12.3 Å². The minimum Gasteiger partial charge on any atom is -0.293 e. The van der Waals surface area contributed by atoms with Gasteiger partial charge in [-0.1, -0.05) is 29.8 Å². The molecule has 0 unspecified atom stereocenters. The van der Waals surface area contributed by atoms with Gasteiger partial charge in [0.25, 0.3) is 0 Å². The normalized spacial score (nSPS) is 8.62. The number of halogens is 1. The molecule has 2 nitrogen and oxygen atoms in total. The molecule has 13 heavy (non-hydrogen) atoms. The van der Waals surface area contributed by atoms with Gasteiger partial charge in [0.2, 0.25) is 0 Å². The van der Waals surface area contributed by atoms with Crippen molar-refractivity contribution in [3.8, 4) is 0 Å². The highest BCUT2D eigenvalue weighted by Gasteiger charge is 2.01. The second-order valence-electron chi connectivity index (χ2n) is 2.25. The Morgan fingerprint density at radius 3 is 2.46 bits per heavy atom. The quantitative estimate of drug-likeness (QED) is 0.591. The van der Waals surface area contributed by atoms with Gasteiger partial charge in [0.15, 0.2) is 5.78 Å². The topological polar surface area (TPSA) is 30.0 Å². The van der Waals surface area contributed by atoms with Crippen LogP contribution >= 0.6 is 15.9 Å². The van der Waals surface area contributed by atoms with Gasteiger partial charge in [-0.2, -0.15) is 0 Å². The molecule has 1 aromatic heterocycles. The zero-order chi connectivity index (χ0) is 10.3. The van der Waals surface area contributed by atoms with Gasteiger partial charge in [-0.3, -0.25) is 9.78 Å². The van der Waals surface area contributed by atoms with E-state index in [4.69, 9.17) is 0 Å². The van der Waals surface area contributed by atoms with Crippen LogP contribution in [0.1, 0.15) is 29.9 Å². The highest BCUT2D eigenvalue weighted by Crippen LogP contribution is 2.01. The van der Waals surface area contributed by atoms with Gasteiger partial charge < -0.3 is 0 Å². The Morgan fingerprint density at radius 2 is 2.08 bits per heavy atom. The summed E-state index contributed by atoms with van der Waals surface area (Å²) in [6, 6.07) is 3.61. The van der Waals surface area contributed by atoms with Crippen LogP contribution in [-0.4, -0.2) is 16.1 Å². The maximum atomic E-state index is 11.0. The summed E-state index contributed by atoms with van der Waals surface area (Å²) in [5.74, 6) is 0.0671. The lowest BCUT2D eigenvalue weighted by Crippen LogP contribution is -2.00. The number of aryl methyl sites for hydroxylation is 1. The number of ketones is 1. The first-order valence-electron chi connectivity index (χ1n) is 4.26. The molecule has 0 radical (unpaired) electrons. The second kappa shape index (κ2) is 6.78. The summed E-state index contributed by atoms with van der Waals surface area (Å²) in [6.07, 6.45) is 1.60. The van der Waals surface area contributed by atoms with Gasteiger partial charge >= 0.3 is 0 Å². The minimum atomic E-state index is 0.0671. The molecule has 0 saturated carbocycles. The molecule has 0 aliphatic carbocycles. The third kappa shape index (κ3) is 4.18. The fourth-order valence-electron chi connectivity index (χ4n) is 0.710. The van der Waals surface area contributed by atoms with E-state index in [9.17, 15) is 4.79 Å². The summed E-state index contributed by atoms with van der Waals surface area (Å²) >= 11 is 3.09. The van der Waals surface area contributed by atoms with Crippen LogP contribution in [0.25, 0.3) is 0 Å². The number of nitrogens with zero attached hydrogens (tertiary/aromatic N) is 1. The molecule has 0 N–H and O–H groups in total. The van der Waals surface area contributed by atoms with E-state index < -0.39 is 0 Å². The smallest absolute Gasteiger partial charge is 0.174 e. The van der Waals surface area contributed by atoms with Crippen molar-refractivity contribution in [2.45, 2.75) is 20.8 Å². The summed E-state index contributed by atoms with van der Waals surface area (Å²) in [5.41, 5.74) is 1.59. The van der Waals surface area contributed by atoms with Crippen molar-refractivity contribution in [2.24, 2.45) is 0 Å². The maximum absolute atomic E-state index is 11.0. The van der Waals surface area contributed by atoms with Gasteiger partial charge in [0.1, 0.15) is 0 Å². The van der Waals surface area contributed by atoms with E-state index in [-0.39, 0.29) is 5.78 Å². The van der Waals surface area contributed by atoms with Gasteiger partial charge in [-0.05, 0) is 19.1 Å².